The number of rotatable bonds is 5. The van der Waals surface area contributed by atoms with E-state index in [1.807, 2.05) is 36.9 Å². The normalized spacial score (nSPS) is 14.2. The minimum Gasteiger partial charge on any atom is -0.321 e. The third kappa shape index (κ3) is 2.89. The summed E-state index contributed by atoms with van der Waals surface area (Å²) < 4.78 is 1.85. The topological polar surface area (TPSA) is 43.8 Å². The third-order valence-corrected chi connectivity index (χ3v) is 4.28. The van der Waals surface area contributed by atoms with E-state index in [2.05, 4.69) is 24.2 Å². The van der Waals surface area contributed by atoms with Crippen molar-refractivity contribution in [3.63, 3.8) is 0 Å². The molecule has 0 amide bonds. The molecule has 0 aliphatic heterocycles. The standard InChI is InChI=1S/C16H22ClN3/c1-4-10-16(18,13-8-6-5-7-9-13)11-14-15(17)12(2)19-20(14)3/h5-9H,4,10-11,18H2,1-3H3. The minimum atomic E-state index is -0.403. The van der Waals surface area contributed by atoms with Gasteiger partial charge in [0.1, 0.15) is 0 Å². The number of benzene rings is 1. The van der Waals surface area contributed by atoms with Gasteiger partial charge in [-0.25, -0.2) is 0 Å². The monoisotopic (exact) mass is 291 g/mol. The Morgan fingerprint density at radius 1 is 1.30 bits per heavy atom. The van der Waals surface area contributed by atoms with E-state index in [4.69, 9.17) is 17.3 Å². The number of hydrogen-bond donors (Lipinski definition) is 1. The van der Waals surface area contributed by atoms with Crippen LogP contribution in [0.4, 0.5) is 0 Å². The highest BCUT2D eigenvalue weighted by atomic mass is 35.5. The number of hydrogen-bond acceptors (Lipinski definition) is 2. The zero-order chi connectivity index (χ0) is 14.8. The first-order chi connectivity index (χ1) is 9.48. The molecule has 1 aromatic carbocycles. The fourth-order valence-electron chi connectivity index (χ4n) is 2.72. The summed E-state index contributed by atoms with van der Waals surface area (Å²) >= 11 is 6.37. The van der Waals surface area contributed by atoms with E-state index < -0.39 is 5.54 Å². The number of halogens is 1. The van der Waals surface area contributed by atoms with Crippen molar-refractivity contribution in [1.82, 2.24) is 9.78 Å². The summed E-state index contributed by atoms with van der Waals surface area (Å²) in [6.45, 7) is 4.08. The van der Waals surface area contributed by atoms with Crippen molar-refractivity contribution in [3.8, 4) is 0 Å². The van der Waals surface area contributed by atoms with Crippen LogP contribution in [0.3, 0.4) is 0 Å². The fraction of sp³-hybridized carbons (Fsp3) is 0.438. The van der Waals surface area contributed by atoms with Crippen LogP contribution >= 0.6 is 11.6 Å². The highest BCUT2D eigenvalue weighted by Gasteiger charge is 2.29. The smallest absolute Gasteiger partial charge is 0.0847 e. The molecule has 0 spiro atoms. The van der Waals surface area contributed by atoms with E-state index in [0.717, 1.165) is 34.8 Å². The van der Waals surface area contributed by atoms with Crippen LogP contribution in [-0.4, -0.2) is 9.78 Å². The molecule has 1 unspecified atom stereocenters. The van der Waals surface area contributed by atoms with Crippen molar-refractivity contribution in [2.24, 2.45) is 12.8 Å². The molecule has 2 rings (SSSR count). The van der Waals surface area contributed by atoms with Gasteiger partial charge in [-0.1, -0.05) is 55.3 Å². The quantitative estimate of drug-likeness (QED) is 0.915. The molecule has 3 nitrogen and oxygen atoms in total. The first kappa shape index (κ1) is 15.1. The molecule has 0 aliphatic rings. The average molecular weight is 292 g/mol. The molecule has 20 heavy (non-hydrogen) atoms. The van der Waals surface area contributed by atoms with Crippen LogP contribution < -0.4 is 5.73 Å². The van der Waals surface area contributed by atoms with Crippen molar-refractivity contribution < 1.29 is 0 Å². The molecule has 0 radical (unpaired) electrons. The number of nitrogens with two attached hydrogens (primary N) is 1. The molecular weight excluding hydrogens is 270 g/mol. The van der Waals surface area contributed by atoms with Gasteiger partial charge in [-0.05, 0) is 18.9 Å². The van der Waals surface area contributed by atoms with Gasteiger partial charge in [0.25, 0.3) is 0 Å². The van der Waals surface area contributed by atoms with Crippen molar-refractivity contribution >= 4 is 11.6 Å². The lowest BCUT2D eigenvalue weighted by Gasteiger charge is -2.30. The summed E-state index contributed by atoms with van der Waals surface area (Å²) in [6.07, 6.45) is 2.64. The maximum Gasteiger partial charge on any atom is 0.0847 e. The Morgan fingerprint density at radius 3 is 2.45 bits per heavy atom. The maximum atomic E-state index is 6.71. The van der Waals surface area contributed by atoms with E-state index in [1.54, 1.807) is 0 Å². The van der Waals surface area contributed by atoms with Crippen LogP contribution in [0.1, 0.15) is 36.7 Å². The summed E-state index contributed by atoms with van der Waals surface area (Å²) in [7, 11) is 1.92. The summed E-state index contributed by atoms with van der Waals surface area (Å²) in [5.41, 5.74) is 9.32. The van der Waals surface area contributed by atoms with Crippen molar-refractivity contribution in [1.29, 1.82) is 0 Å². The van der Waals surface area contributed by atoms with E-state index in [1.165, 1.54) is 0 Å². The summed E-state index contributed by atoms with van der Waals surface area (Å²) in [6, 6.07) is 10.3. The molecule has 1 atom stereocenters. The highest BCUT2D eigenvalue weighted by Crippen LogP contribution is 2.31. The van der Waals surface area contributed by atoms with E-state index >= 15 is 0 Å². The Balaban J connectivity index is 2.39. The van der Waals surface area contributed by atoms with Crippen LogP contribution in [0.25, 0.3) is 0 Å². The molecule has 2 aromatic rings. The summed E-state index contributed by atoms with van der Waals surface area (Å²) in [4.78, 5) is 0. The molecular formula is C16H22ClN3. The number of aromatic nitrogens is 2. The molecule has 0 aliphatic carbocycles. The zero-order valence-corrected chi connectivity index (χ0v) is 13.1. The van der Waals surface area contributed by atoms with E-state index in [0.29, 0.717) is 6.42 Å². The van der Waals surface area contributed by atoms with Gasteiger partial charge in [-0.2, -0.15) is 5.10 Å². The second kappa shape index (κ2) is 5.98. The van der Waals surface area contributed by atoms with Crippen LogP contribution in [0.2, 0.25) is 5.02 Å². The number of nitrogens with zero attached hydrogens (tertiary/aromatic N) is 2. The van der Waals surface area contributed by atoms with Gasteiger partial charge in [0.15, 0.2) is 0 Å². The molecule has 1 aromatic heterocycles. The molecule has 108 valence electrons. The second-order valence-electron chi connectivity index (χ2n) is 5.42. The Hall–Kier alpha value is -1.32. The Bertz CT molecular complexity index is 577. The van der Waals surface area contributed by atoms with E-state index in [9.17, 15) is 0 Å². The van der Waals surface area contributed by atoms with Crippen LogP contribution in [0, 0.1) is 6.92 Å². The van der Waals surface area contributed by atoms with Crippen molar-refractivity contribution in [3.05, 3.63) is 52.3 Å². The summed E-state index contributed by atoms with van der Waals surface area (Å²) in [5, 5.41) is 5.11. The van der Waals surface area contributed by atoms with Gasteiger partial charge in [0.2, 0.25) is 0 Å². The predicted molar refractivity (Wildman–Crippen MR) is 83.9 cm³/mol. The first-order valence-electron chi connectivity index (χ1n) is 7.00. The lowest BCUT2D eigenvalue weighted by molar-refractivity contribution is 0.390. The fourth-order valence-corrected chi connectivity index (χ4v) is 2.95. The lowest BCUT2D eigenvalue weighted by atomic mass is 9.82. The zero-order valence-electron chi connectivity index (χ0n) is 12.4. The van der Waals surface area contributed by atoms with Crippen LogP contribution in [0.15, 0.2) is 30.3 Å². The van der Waals surface area contributed by atoms with E-state index in [-0.39, 0.29) is 0 Å². The van der Waals surface area contributed by atoms with Gasteiger partial charge in [0, 0.05) is 19.0 Å². The molecule has 4 heteroatoms. The van der Waals surface area contributed by atoms with Gasteiger partial charge in [-0.15, -0.1) is 0 Å². The molecule has 0 saturated carbocycles. The lowest BCUT2D eigenvalue weighted by Crippen LogP contribution is -2.39. The van der Waals surface area contributed by atoms with Gasteiger partial charge in [0.05, 0.1) is 16.4 Å². The molecule has 0 fully saturated rings. The second-order valence-corrected chi connectivity index (χ2v) is 5.80. The SMILES string of the molecule is CCCC(N)(Cc1c(Cl)c(C)nn1C)c1ccccc1. The first-order valence-corrected chi connectivity index (χ1v) is 7.38. The maximum absolute atomic E-state index is 6.71. The minimum absolute atomic E-state index is 0.403. The molecule has 0 bridgehead atoms. The molecule has 0 saturated heterocycles. The third-order valence-electron chi connectivity index (χ3n) is 3.79. The molecule has 2 N–H and O–H groups in total. The average Bonchev–Trinajstić information content (AvgIpc) is 2.67. The Morgan fingerprint density at radius 2 is 1.95 bits per heavy atom. The summed E-state index contributed by atoms with van der Waals surface area (Å²) in [5.74, 6) is 0. The Labute approximate surface area is 125 Å². The highest BCUT2D eigenvalue weighted by molar-refractivity contribution is 6.31. The van der Waals surface area contributed by atoms with Gasteiger partial charge in [-0.3, -0.25) is 4.68 Å². The molecule has 1 heterocycles. The van der Waals surface area contributed by atoms with Crippen molar-refractivity contribution in [2.75, 3.05) is 0 Å². The van der Waals surface area contributed by atoms with Crippen molar-refractivity contribution in [2.45, 2.75) is 38.6 Å². The predicted octanol–water partition coefficient (Wildman–Crippen LogP) is 3.58. The number of aryl methyl sites for hydroxylation is 2. The Kier molecular flexibility index (Phi) is 4.51. The van der Waals surface area contributed by atoms with Gasteiger partial charge < -0.3 is 5.73 Å². The van der Waals surface area contributed by atoms with Crippen LogP contribution in [0.5, 0.6) is 0 Å². The largest absolute Gasteiger partial charge is 0.321 e. The van der Waals surface area contributed by atoms with Crippen LogP contribution in [-0.2, 0) is 19.0 Å². The van der Waals surface area contributed by atoms with Gasteiger partial charge >= 0.3 is 0 Å².